The predicted octanol–water partition coefficient (Wildman–Crippen LogP) is 4.32. The zero-order chi connectivity index (χ0) is 19.8. The molecular formula is C24H33ClN2O2. The Morgan fingerprint density at radius 3 is 1.97 bits per heavy atom. The van der Waals surface area contributed by atoms with E-state index in [1.807, 2.05) is 43.3 Å². The molecule has 2 aromatic carbocycles. The summed E-state index contributed by atoms with van der Waals surface area (Å²) in [5.74, 6) is 0.262. The molecule has 0 bridgehead atoms. The van der Waals surface area contributed by atoms with Gasteiger partial charge in [0, 0.05) is 57.4 Å². The van der Waals surface area contributed by atoms with Crippen molar-refractivity contribution in [2.24, 2.45) is 5.92 Å². The SMILES string of the molecule is CCOC(CN1CCN(CC(C)C(=O)c2ccccc2)CC1)c1ccccc1.Cl. The summed E-state index contributed by atoms with van der Waals surface area (Å²) in [4.78, 5) is 17.5. The average Bonchev–Trinajstić information content (AvgIpc) is 2.75. The lowest BCUT2D eigenvalue weighted by atomic mass is 9.98. The molecule has 0 aromatic heterocycles. The average molecular weight is 417 g/mol. The number of piperazine rings is 1. The van der Waals surface area contributed by atoms with Crippen molar-refractivity contribution in [2.45, 2.75) is 20.0 Å². The van der Waals surface area contributed by atoms with Crippen LogP contribution in [-0.2, 0) is 4.74 Å². The Morgan fingerprint density at radius 1 is 0.897 bits per heavy atom. The van der Waals surface area contributed by atoms with E-state index in [1.54, 1.807) is 0 Å². The lowest BCUT2D eigenvalue weighted by Gasteiger charge is -2.37. The van der Waals surface area contributed by atoms with Gasteiger partial charge in [0.25, 0.3) is 0 Å². The minimum absolute atomic E-state index is 0. The topological polar surface area (TPSA) is 32.8 Å². The first-order chi connectivity index (χ1) is 13.7. The molecule has 4 nitrogen and oxygen atoms in total. The van der Waals surface area contributed by atoms with Crippen molar-refractivity contribution in [2.75, 3.05) is 45.9 Å². The van der Waals surface area contributed by atoms with E-state index in [2.05, 4.69) is 41.0 Å². The summed E-state index contributed by atoms with van der Waals surface area (Å²) >= 11 is 0. The number of rotatable bonds is 9. The number of ether oxygens (including phenoxy) is 1. The molecule has 3 rings (SSSR count). The summed E-state index contributed by atoms with van der Waals surface area (Å²) in [7, 11) is 0. The third-order valence-corrected chi connectivity index (χ3v) is 5.47. The minimum Gasteiger partial charge on any atom is -0.372 e. The summed E-state index contributed by atoms with van der Waals surface area (Å²) in [6, 6.07) is 20.1. The van der Waals surface area contributed by atoms with Crippen LogP contribution in [-0.4, -0.2) is 61.5 Å². The maximum absolute atomic E-state index is 12.6. The van der Waals surface area contributed by atoms with Gasteiger partial charge in [-0.05, 0) is 12.5 Å². The molecule has 29 heavy (non-hydrogen) atoms. The van der Waals surface area contributed by atoms with E-state index in [1.165, 1.54) is 5.56 Å². The van der Waals surface area contributed by atoms with Crippen molar-refractivity contribution in [3.63, 3.8) is 0 Å². The molecule has 0 aliphatic carbocycles. The smallest absolute Gasteiger partial charge is 0.166 e. The van der Waals surface area contributed by atoms with Gasteiger partial charge in [-0.1, -0.05) is 67.6 Å². The van der Waals surface area contributed by atoms with Gasteiger partial charge in [-0.2, -0.15) is 0 Å². The van der Waals surface area contributed by atoms with Crippen LogP contribution in [0.3, 0.4) is 0 Å². The van der Waals surface area contributed by atoms with Crippen LogP contribution >= 0.6 is 12.4 Å². The van der Waals surface area contributed by atoms with E-state index in [0.717, 1.165) is 51.4 Å². The van der Waals surface area contributed by atoms with Crippen molar-refractivity contribution >= 4 is 18.2 Å². The fourth-order valence-electron chi connectivity index (χ4n) is 3.87. The zero-order valence-electron chi connectivity index (χ0n) is 17.5. The monoisotopic (exact) mass is 416 g/mol. The van der Waals surface area contributed by atoms with E-state index in [9.17, 15) is 4.79 Å². The molecule has 2 aromatic rings. The Morgan fingerprint density at radius 2 is 1.41 bits per heavy atom. The number of carbonyl (C=O) groups excluding carboxylic acids is 1. The number of hydrogen-bond donors (Lipinski definition) is 0. The Hall–Kier alpha value is -1.72. The van der Waals surface area contributed by atoms with Gasteiger partial charge in [-0.15, -0.1) is 12.4 Å². The second-order valence-electron chi connectivity index (χ2n) is 7.59. The van der Waals surface area contributed by atoms with Crippen molar-refractivity contribution < 1.29 is 9.53 Å². The molecule has 1 saturated heterocycles. The summed E-state index contributed by atoms with van der Waals surface area (Å²) in [5, 5.41) is 0. The van der Waals surface area contributed by atoms with E-state index in [-0.39, 0.29) is 30.2 Å². The summed E-state index contributed by atoms with van der Waals surface area (Å²) in [5.41, 5.74) is 2.06. The summed E-state index contributed by atoms with van der Waals surface area (Å²) < 4.78 is 6.00. The lowest BCUT2D eigenvalue weighted by molar-refractivity contribution is 0.0170. The molecule has 0 N–H and O–H groups in total. The molecule has 158 valence electrons. The first-order valence-electron chi connectivity index (χ1n) is 10.4. The first-order valence-corrected chi connectivity index (χ1v) is 10.4. The van der Waals surface area contributed by atoms with Crippen LogP contribution in [0.4, 0.5) is 0 Å². The number of Topliss-reactive ketones (excluding diaryl/α,β-unsaturated/α-hetero) is 1. The van der Waals surface area contributed by atoms with Crippen LogP contribution in [0.15, 0.2) is 60.7 Å². The summed E-state index contributed by atoms with van der Waals surface area (Å²) in [6.45, 7) is 10.6. The van der Waals surface area contributed by atoms with E-state index in [4.69, 9.17) is 4.74 Å². The number of ketones is 1. The molecule has 5 heteroatoms. The van der Waals surface area contributed by atoms with E-state index >= 15 is 0 Å². The third kappa shape index (κ3) is 6.93. The normalized spacial score (nSPS) is 17.3. The quantitative estimate of drug-likeness (QED) is 0.570. The molecule has 1 fully saturated rings. The number of carbonyl (C=O) groups is 1. The molecule has 1 heterocycles. The maximum atomic E-state index is 12.6. The first kappa shape index (κ1) is 23.6. The highest BCUT2D eigenvalue weighted by Crippen LogP contribution is 2.20. The van der Waals surface area contributed by atoms with Crippen molar-refractivity contribution in [1.29, 1.82) is 0 Å². The number of halogens is 1. The second-order valence-corrected chi connectivity index (χ2v) is 7.59. The van der Waals surface area contributed by atoms with Crippen molar-refractivity contribution in [3.05, 3.63) is 71.8 Å². The largest absolute Gasteiger partial charge is 0.372 e. The molecular weight excluding hydrogens is 384 g/mol. The highest BCUT2D eigenvalue weighted by molar-refractivity contribution is 5.97. The minimum atomic E-state index is 0. The van der Waals surface area contributed by atoms with Gasteiger partial charge in [0.15, 0.2) is 5.78 Å². The predicted molar refractivity (Wildman–Crippen MR) is 121 cm³/mol. The molecule has 1 aliphatic rings. The zero-order valence-corrected chi connectivity index (χ0v) is 18.3. The van der Waals surface area contributed by atoms with Gasteiger partial charge in [-0.25, -0.2) is 0 Å². The van der Waals surface area contributed by atoms with Gasteiger partial charge in [0.05, 0.1) is 6.10 Å². The van der Waals surface area contributed by atoms with E-state index < -0.39 is 0 Å². The van der Waals surface area contributed by atoms with Gasteiger partial charge >= 0.3 is 0 Å². The third-order valence-electron chi connectivity index (χ3n) is 5.47. The van der Waals surface area contributed by atoms with Crippen LogP contribution in [0.5, 0.6) is 0 Å². The Bertz CT molecular complexity index is 718. The van der Waals surface area contributed by atoms with Crippen LogP contribution in [0.1, 0.15) is 35.9 Å². The Kier molecular flexibility index (Phi) is 9.82. The standard InChI is InChI=1S/C24H32N2O2.ClH/c1-3-28-23(21-10-6-4-7-11-21)19-26-16-14-25(15-17-26)18-20(2)24(27)22-12-8-5-9-13-22;/h4-13,20,23H,3,14-19H2,1-2H3;1H. The molecule has 0 saturated carbocycles. The van der Waals surface area contributed by atoms with Crippen molar-refractivity contribution in [1.82, 2.24) is 9.80 Å². The highest BCUT2D eigenvalue weighted by atomic mass is 35.5. The molecule has 0 radical (unpaired) electrons. The fourth-order valence-corrected chi connectivity index (χ4v) is 3.87. The Balaban J connectivity index is 0.00000300. The highest BCUT2D eigenvalue weighted by Gasteiger charge is 2.24. The van der Waals surface area contributed by atoms with Crippen LogP contribution in [0, 0.1) is 5.92 Å². The number of nitrogens with zero attached hydrogens (tertiary/aromatic N) is 2. The molecule has 1 aliphatic heterocycles. The number of benzene rings is 2. The maximum Gasteiger partial charge on any atom is 0.166 e. The molecule has 0 amide bonds. The molecule has 2 unspecified atom stereocenters. The molecule has 2 atom stereocenters. The fraction of sp³-hybridized carbons (Fsp3) is 0.458. The van der Waals surface area contributed by atoms with E-state index in [0.29, 0.717) is 0 Å². The summed E-state index contributed by atoms with van der Waals surface area (Å²) in [6.07, 6.45) is 0.122. The molecule has 0 spiro atoms. The number of hydrogen-bond acceptors (Lipinski definition) is 4. The second kappa shape index (κ2) is 12.1. The van der Waals surface area contributed by atoms with Crippen LogP contribution < -0.4 is 0 Å². The van der Waals surface area contributed by atoms with Crippen molar-refractivity contribution in [3.8, 4) is 0 Å². The van der Waals surface area contributed by atoms with Crippen LogP contribution in [0.2, 0.25) is 0 Å². The van der Waals surface area contributed by atoms with Gasteiger partial charge in [0.1, 0.15) is 0 Å². The van der Waals surface area contributed by atoms with Gasteiger partial charge in [-0.3, -0.25) is 9.69 Å². The lowest BCUT2D eigenvalue weighted by Crippen LogP contribution is -2.49. The Labute approximate surface area is 181 Å². The van der Waals surface area contributed by atoms with Gasteiger partial charge < -0.3 is 9.64 Å². The van der Waals surface area contributed by atoms with Crippen LogP contribution in [0.25, 0.3) is 0 Å². The van der Waals surface area contributed by atoms with Gasteiger partial charge in [0.2, 0.25) is 0 Å².